The predicted octanol–water partition coefficient (Wildman–Crippen LogP) is 3.26. The third-order valence-corrected chi connectivity index (χ3v) is 6.46. The van der Waals surface area contributed by atoms with Crippen molar-refractivity contribution < 1.29 is 4.79 Å². The molecule has 7 heteroatoms. The van der Waals surface area contributed by atoms with Gasteiger partial charge in [-0.25, -0.2) is 14.8 Å². The van der Waals surface area contributed by atoms with Gasteiger partial charge in [-0.2, -0.15) is 0 Å². The molecule has 1 aromatic carbocycles. The average Bonchev–Trinajstić information content (AvgIpc) is 3.40. The monoisotopic (exact) mass is 416 g/mol. The van der Waals surface area contributed by atoms with Gasteiger partial charge in [0.25, 0.3) is 0 Å². The first-order valence-corrected chi connectivity index (χ1v) is 11.0. The highest BCUT2D eigenvalue weighted by Gasteiger charge is 2.40. The third kappa shape index (κ3) is 4.61. The minimum absolute atomic E-state index is 0.0976. The maximum Gasteiger partial charge on any atom is 0.315 e. The summed E-state index contributed by atoms with van der Waals surface area (Å²) in [7, 11) is 0. The van der Waals surface area contributed by atoms with E-state index in [0.717, 1.165) is 30.8 Å². The number of nitrogens with zero attached hydrogens (tertiary/aromatic N) is 4. The molecule has 2 amide bonds. The van der Waals surface area contributed by atoms with Crippen molar-refractivity contribution in [2.75, 3.05) is 0 Å². The molecule has 0 saturated carbocycles. The number of hydrogen-bond donors (Lipinski definition) is 2. The molecule has 4 heterocycles. The summed E-state index contributed by atoms with van der Waals surface area (Å²) in [6.07, 6.45) is 11.6. The number of amides is 2. The summed E-state index contributed by atoms with van der Waals surface area (Å²) in [6, 6.07) is 15.9. The predicted molar refractivity (Wildman–Crippen MR) is 119 cm³/mol. The van der Waals surface area contributed by atoms with Crippen LogP contribution < -0.4 is 10.6 Å². The number of imidazole rings is 1. The fraction of sp³-hybridized carbons (Fsp3) is 0.375. The van der Waals surface area contributed by atoms with Crippen LogP contribution in [-0.2, 0) is 13.1 Å². The molecule has 2 saturated heterocycles. The molecule has 160 valence electrons. The van der Waals surface area contributed by atoms with Gasteiger partial charge >= 0.3 is 6.03 Å². The number of carbonyl (C=O) groups excluding carboxylic acids is 1. The summed E-state index contributed by atoms with van der Waals surface area (Å²) >= 11 is 0. The van der Waals surface area contributed by atoms with Gasteiger partial charge in [0.15, 0.2) is 0 Å². The Hall–Kier alpha value is -3.19. The largest absolute Gasteiger partial charge is 0.335 e. The molecule has 2 aliphatic rings. The van der Waals surface area contributed by atoms with Gasteiger partial charge in [-0.15, -0.1) is 0 Å². The smallest absolute Gasteiger partial charge is 0.315 e. The van der Waals surface area contributed by atoms with Gasteiger partial charge < -0.3 is 10.6 Å². The van der Waals surface area contributed by atoms with Crippen LogP contribution in [0.15, 0.2) is 67.4 Å². The number of carbonyl (C=O) groups is 1. The van der Waals surface area contributed by atoms with E-state index in [4.69, 9.17) is 0 Å². The topological polar surface area (TPSA) is 75.1 Å². The number of aromatic nitrogens is 3. The Balaban J connectivity index is 1.10. The molecule has 31 heavy (non-hydrogen) atoms. The lowest BCUT2D eigenvalue weighted by Crippen LogP contribution is -2.51. The summed E-state index contributed by atoms with van der Waals surface area (Å²) in [5.41, 5.74) is 2.34. The van der Waals surface area contributed by atoms with E-state index in [1.165, 1.54) is 18.4 Å². The van der Waals surface area contributed by atoms with Crippen molar-refractivity contribution in [2.24, 2.45) is 0 Å². The number of hydrogen-bond acceptors (Lipinski definition) is 4. The van der Waals surface area contributed by atoms with Crippen molar-refractivity contribution in [1.82, 2.24) is 30.1 Å². The first-order chi connectivity index (χ1) is 15.2. The number of fused-ring (bicyclic) bond motifs is 2. The SMILES string of the molecule is O=C(NCc1ccc(-n2ccnc2)nc1)NC1CC2CCC(C1)N2Cc1ccccc1. The molecular weight excluding hydrogens is 388 g/mol. The van der Waals surface area contributed by atoms with Crippen molar-refractivity contribution in [1.29, 1.82) is 0 Å². The number of benzene rings is 1. The molecular formula is C24H28N6O. The molecule has 2 atom stereocenters. The Morgan fingerprint density at radius 1 is 1.03 bits per heavy atom. The lowest BCUT2D eigenvalue weighted by Gasteiger charge is -2.39. The zero-order valence-electron chi connectivity index (χ0n) is 17.5. The highest BCUT2D eigenvalue weighted by atomic mass is 16.2. The van der Waals surface area contributed by atoms with Gasteiger partial charge in [0.1, 0.15) is 12.1 Å². The van der Waals surface area contributed by atoms with Gasteiger partial charge in [0.2, 0.25) is 0 Å². The fourth-order valence-corrected chi connectivity index (χ4v) is 4.93. The van der Waals surface area contributed by atoms with Crippen LogP contribution in [0, 0.1) is 0 Å². The quantitative estimate of drug-likeness (QED) is 0.647. The van der Waals surface area contributed by atoms with E-state index in [1.54, 1.807) is 18.7 Å². The molecule has 0 spiro atoms. The van der Waals surface area contributed by atoms with Crippen LogP contribution in [0.1, 0.15) is 36.8 Å². The van der Waals surface area contributed by atoms with Crippen LogP contribution in [0.4, 0.5) is 4.79 Å². The highest BCUT2D eigenvalue weighted by molar-refractivity contribution is 5.74. The Bertz CT molecular complexity index is 975. The van der Waals surface area contributed by atoms with Crippen LogP contribution in [0.2, 0.25) is 0 Å². The van der Waals surface area contributed by atoms with Gasteiger partial charge in [-0.1, -0.05) is 36.4 Å². The molecule has 2 aliphatic heterocycles. The van der Waals surface area contributed by atoms with Gasteiger partial charge in [0.05, 0.1) is 0 Å². The summed E-state index contributed by atoms with van der Waals surface area (Å²) in [5.74, 6) is 0.809. The maximum absolute atomic E-state index is 12.5. The van der Waals surface area contributed by atoms with Crippen LogP contribution >= 0.6 is 0 Å². The molecule has 2 unspecified atom stereocenters. The summed E-state index contributed by atoms with van der Waals surface area (Å²) < 4.78 is 1.85. The number of pyridine rings is 1. The van der Waals surface area contributed by atoms with E-state index in [1.807, 2.05) is 22.9 Å². The maximum atomic E-state index is 12.5. The Kier molecular flexibility index (Phi) is 5.67. The lowest BCUT2D eigenvalue weighted by atomic mass is 9.96. The second kappa shape index (κ2) is 8.89. The van der Waals surface area contributed by atoms with E-state index < -0.39 is 0 Å². The Morgan fingerprint density at radius 3 is 2.52 bits per heavy atom. The standard InChI is InChI=1S/C24H28N6O/c31-24(27-15-19-6-9-23(26-14-19)29-11-10-25-17-29)28-20-12-21-7-8-22(13-20)30(21)16-18-4-2-1-3-5-18/h1-6,9-11,14,17,20-22H,7-8,12-13,15-16H2,(H2,27,28,31). The van der Waals surface area contributed by atoms with Crippen LogP contribution in [0.25, 0.3) is 5.82 Å². The highest BCUT2D eigenvalue weighted by Crippen LogP contribution is 2.36. The summed E-state index contributed by atoms with van der Waals surface area (Å²) in [5, 5.41) is 6.18. The molecule has 7 nitrogen and oxygen atoms in total. The number of piperidine rings is 1. The number of nitrogens with one attached hydrogen (secondary N) is 2. The summed E-state index contributed by atoms with van der Waals surface area (Å²) in [6.45, 7) is 1.47. The summed E-state index contributed by atoms with van der Waals surface area (Å²) in [4.78, 5) is 23.6. The van der Waals surface area contributed by atoms with Crippen molar-refractivity contribution in [3.05, 3.63) is 78.5 Å². The molecule has 0 aliphatic carbocycles. The van der Waals surface area contributed by atoms with E-state index in [9.17, 15) is 4.79 Å². The molecule has 2 aromatic heterocycles. The molecule has 2 N–H and O–H groups in total. The second-order valence-electron chi connectivity index (χ2n) is 8.53. The van der Waals surface area contributed by atoms with Crippen molar-refractivity contribution in [3.8, 4) is 5.82 Å². The van der Waals surface area contributed by atoms with Crippen molar-refractivity contribution in [2.45, 2.75) is 56.9 Å². The van der Waals surface area contributed by atoms with Crippen LogP contribution in [0.3, 0.4) is 0 Å². The molecule has 3 aromatic rings. The van der Waals surface area contributed by atoms with E-state index in [0.29, 0.717) is 18.6 Å². The minimum atomic E-state index is -0.0976. The van der Waals surface area contributed by atoms with Crippen molar-refractivity contribution >= 4 is 6.03 Å². The zero-order valence-corrected chi connectivity index (χ0v) is 17.5. The normalized spacial score (nSPS) is 22.9. The Labute approximate surface area is 182 Å². The van der Waals surface area contributed by atoms with Crippen LogP contribution in [-0.4, -0.2) is 43.6 Å². The van der Waals surface area contributed by atoms with E-state index in [2.05, 4.69) is 55.8 Å². The lowest BCUT2D eigenvalue weighted by molar-refractivity contribution is 0.111. The van der Waals surface area contributed by atoms with E-state index in [-0.39, 0.29) is 12.1 Å². The second-order valence-corrected chi connectivity index (χ2v) is 8.53. The van der Waals surface area contributed by atoms with Crippen molar-refractivity contribution in [3.63, 3.8) is 0 Å². The van der Waals surface area contributed by atoms with Gasteiger partial charge in [-0.3, -0.25) is 9.47 Å². The Morgan fingerprint density at radius 2 is 1.84 bits per heavy atom. The molecule has 5 rings (SSSR count). The molecule has 2 bridgehead atoms. The van der Waals surface area contributed by atoms with Gasteiger partial charge in [0, 0.05) is 49.8 Å². The first kappa shape index (κ1) is 19.8. The number of urea groups is 1. The number of rotatable bonds is 6. The molecule has 2 fully saturated rings. The first-order valence-electron chi connectivity index (χ1n) is 11.0. The average molecular weight is 417 g/mol. The fourth-order valence-electron chi connectivity index (χ4n) is 4.93. The third-order valence-electron chi connectivity index (χ3n) is 6.46. The van der Waals surface area contributed by atoms with Gasteiger partial charge in [-0.05, 0) is 42.9 Å². The zero-order chi connectivity index (χ0) is 21.0. The van der Waals surface area contributed by atoms with Crippen LogP contribution in [0.5, 0.6) is 0 Å². The molecule has 0 radical (unpaired) electrons. The minimum Gasteiger partial charge on any atom is -0.335 e. The van der Waals surface area contributed by atoms with E-state index >= 15 is 0 Å².